The van der Waals surface area contributed by atoms with Crippen LogP contribution < -0.4 is 19.9 Å². The minimum absolute atomic E-state index is 0.0455. The van der Waals surface area contributed by atoms with Gasteiger partial charge in [0.05, 0.1) is 14.2 Å². The first-order valence-electron chi connectivity index (χ1n) is 6.96. The van der Waals surface area contributed by atoms with Gasteiger partial charge >= 0.3 is 0 Å². The molecule has 21 heavy (non-hydrogen) atoms. The lowest BCUT2D eigenvalue weighted by molar-refractivity contribution is 0.157. The molecule has 110 valence electrons. The van der Waals surface area contributed by atoms with Gasteiger partial charge in [-0.15, -0.1) is 0 Å². The van der Waals surface area contributed by atoms with Gasteiger partial charge in [0, 0.05) is 23.6 Å². The lowest BCUT2D eigenvalue weighted by Crippen LogP contribution is -2.24. The van der Waals surface area contributed by atoms with Crippen LogP contribution in [0.3, 0.4) is 0 Å². The fraction of sp³-hybridized carbons (Fsp3) is 0.294. The Bertz CT molecular complexity index is 642. The standard InChI is InChI=1S/C17H19NO3/c1-19-15-9-5-7-12(17(15)20-2)16-10-13(18)11-6-3-4-8-14(11)21-16/h3-9,13,16H,10,18H2,1-2H3/t13-,16?/m0/s1. The van der Waals surface area contributed by atoms with E-state index in [4.69, 9.17) is 19.9 Å². The van der Waals surface area contributed by atoms with Crippen molar-refractivity contribution in [3.05, 3.63) is 53.6 Å². The molecule has 1 aliphatic heterocycles. The molecule has 0 amide bonds. The van der Waals surface area contributed by atoms with Crippen molar-refractivity contribution >= 4 is 0 Å². The number of nitrogens with two attached hydrogens (primary N) is 1. The van der Waals surface area contributed by atoms with Crippen LogP contribution in [-0.2, 0) is 0 Å². The van der Waals surface area contributed by atoms with Crippen molar-refractivity contribution in [3.63, 3.8) is 0 Å². The van der Waals surface area contributed by atoms with Gasteiger partial charge < -0.3 is 19.9 Å². The highest BCUT2D eigenvalue weighted by Crippen LogP contribution is 2.44. The average Bonchev–Trinajstić information content (AvgIpc) is 2.54. The Morgan fingerprint density at radius 3 is 2.52 bits per heavy atom. The zero-order valence-electron chi connectivity index (χ0n) is 12.2. The molecule has 3 rings (SSSR count). The van der Waals surface area contributed by atoms with Crippen LogP contribution in [0.15, 0.2) is 42.5 Å². The molecule has 2 N–H and O–H groups in total. The molecule has 0 aromatic heterocycles. The molecule has 0 spiro atoms. The predicted molar refractivity (Wildman–Crippen MR) is 80.9 cm³/mol. The summed E-state index contributed by atoms with van der Waals surface area (Å²) in [6.07, 6.45) is 0.570. The second-order valence-electron chi connectivity index (χ2n) is 5.07. The minimum atomic E-state index is -0.139. The second-order valence-corrected chi connectivity index (χ2v) is 5.07. The Hall–Kier alpha value is -2.20. The Morgan fingerprint density at radius 1 is 1.00 bits per heavy atom. The van der Waals surface area contributed by atoms with E-state index < -0.39 is 0 Å². The lowest BCUT2D eigenvalue weighted by Gasteiger charge is -2.31. The maximum Gasteiger partial charge on any atom is 0.167 e. The Kier molecular flexibility index (Phi) is 3.71. The Morgan fingerprint density at radius 2 is 1.76 bits per heavy atom. The van der Waals surface area contributed by atoms with Crippen LogP contribution in [0.4, 0.5) is 0 Å². The molecule has 0 bridgehead atoms. The highest BCUT2D eigenvalue weighted by Gasteiger charge is 2.29. The van der Waals surface area contributed by atoms with Gasteiger partial charge in [0.2, 0.25) is 0 Å². The van der Waals surface area contributed by atoms with Crippen LogP contribution in [0.5, 0.6) is 17.2 Å². The van der Waals surface area contributed by atoms with E-state index in [1.54, 1.807) is 14.2 Å². The first kappa shape index (κ1) is 13.8. The molecule has 1 unspecified atom stereocenters. The first-order valence-corrected chi connectivity index (χ1v) is 6.96. The number of ether oxygens (including phenoxy) is 3. The number of fused-ring (bicyclic) bond motifs is 1. The van der Waals surface area contributed by atoms with Crippen molar-refractivity contribution in [1.82, 2.24) is 0 Å². The summed E-state index contributed by atoms with van der Waals surface area (Å²) in [4.78, 5) is 0. The van der Waals surface area contributed by atoms with Gasteiger partial charge in [-0.2, -0.15) is 0 Å². The number of hydrogen-bond acceptors (Lipinski definition) is 4. The summed E-state index contributed by atoms with van der Waals surface area (Å²) in [5.41, 5.74) is 8.30. The normalized spacial score (nSPS) is 20.3. The highest BCUT2D eigenvalue weighted by molar-refractivity contribution is 5.49. The van der Waals surface area contributed by atoms with Crippen molar-refractivity contribution in [2.24, 2.45) is 5.73 Å². The monoisotopic (exact) mass is 285 g/mol. The minimum Gasteiger partial charge on any atom is -0.493 e. The fourth-order valence-electron chi connectivity index (χ4n) is 2.81. The number of methoxy groups -OCH3 is 2. The van der Waals surface area contributed by atoms with Gasteiger partial charge in [0.25, 0.3) is 0 Å². The summed E-state index contributed by atoms with van der Waals surface area (Å²) < 4.78 is 17.0. The maximum absolute atomic E-state index is 6.28. The van der Waals surface area contributed by atoms with Gasteiger partial charge in [-0.25, -0.2) is 0 Å². The summed E-state index contributed by atoms with van der Waals surface area (Å²) in [5.74, 6) is 2.24. The fourth-order valence-corrected chi connectivity index (χ4v) is 2.81. The lowest BCUT2D eigenvalue weighted by atomic mass is 9.93. The van der Waals surface area contributed by atoms with E-state index in [-0.39, 0.29) is 12.1 Å². The molecule has 0 fully saturated rings. The van der Waals surface area contributed by atoms with Crippen molar-refractivity contribution in [2.45, 2.75) is 18.6 Å². The molecule has 0 aliphatic carbocycles. The van der Waals surface area contributed by atoms with Crippen LogP contribution in [0, 0.1) is 0 Å². The number of benzene rings is 2. The van der Waals surface area contributed by atoms with Gasteiger partial charge in [0.15, 0.2) is 11.5 Å². The molecular formula is C17H19NO3. The van der Waals surface area contributed by atoms with Crippen LogP contribution in [-0.4, -0.2) is 14.2 Å². The molecule has 0 radical (unpaired) electrons. The Balaban J connectivity index is 2.00. The molecule has 0 saturated carbocycles. The second kappa shape index (κ2) is 5.66. The van der Waals surface area contributed by atoms with Crippen LogP contribution in [0.2, 0.25) is 0 Å². The van der Waals surface area contributed by atoms with E-state index in [0.29, 0.717) is 17.9 Å². The summed E-state index contributed by atoms with van der Waals surface area (Å²) in [6.45, 7) is 0. The zero-order valence-corrected chi connectivity index (χ0v) is 12.2. The van der Waals surface area contributed by atoms with E-state index in [1.807, 2.05) is 42.5 Å². The molecular weight excluding hydrogens is 266 g/mol. The molecule has 0 saturated heterocycles. The van der Waals surface area contributed by atoms with E-state index >= 15 is 0 Å². The third-order valence-electron chi connectivity index (χ3n) is 3.84. The summed E-state index contributed by atoms with van der Waals surface area (Å²) >= 11 is 0. The SMILES string of the molecule is COc1cccc(C2C[C@H](N)c3ccccc3O2)c1OC. The van der Waals surface area contributed by atoms with E-state index in [1.165, 1.54) is 0 Å². The van der Waals surface area contributed by atoms with E-state index in [9.17, 15) is 0 Å². The van der Waals surface area contributed by atoms with Gasteiger partial charge in [0.1, 0.15) is 11.9 Å². The summed E-state index contributed by atoms with van der Waals surface area (Å²) in [7, 11) is 3.27. The summed E-state index contributed by atoms with van der Waals surface area (Å²) in [6, 6.07) is 13.7. The molecule has 1 heterocycles. The quantitative estimate of drug-likeness (QED) is 0.940. The van der Waals surface area contributed by atoms with Crippen molar-refractivity contribution < 1.29 is 14.2 Å². The smallest absolute Gasteiger partial charge is 0.167 e. The van der Waals surface area contributed by atoms with E-state index in [0.717, 1.165) is 16.9 Å². The number of rotatable bonds is 3. The average molecular weight is 285 g/mol. The largest absolute Gasteiger partial charge is 0.493 e. The summed E-state index contributed by atoms with van der Waals surface area (Å²) in [5, 5.41) is 0. The molecule has 1 aliphatic rings. The van der Waals surface area contributed by atoms with Crippen LogP contribution in [0.1, 0.15) is 29.7 Å². The van der Waals surface area contributed by atoms with Gasteiger partial charge in [-0.05, 0) is 12.1 Å². The van der Waals surface area contributed by atoms with Crippen molar-refractivity contribution in [2.75, 3.05) is 14.2 Å². The maximum atomic E-state index is 6.28. The molecule has 2 aromatic rings. The van der Waals surface area contributed by atoms with Crippen molar-refractivity contribution in [1.29, 1.82) is 0 Å². The predicted octanol–water partition coefficient (Wildman–Crippen LogP) is 3.23. The molecule has 4 nitrogen and oxygen atoms in total. The third-order valence-corrected chi connectivity index (χ3v) is 3.84. The van der Waals surface area contributed by atoms with Crippen LogP contribution >= 0.6 is 0 Å². The van der Waals surface area contributed by atoms with Crippen molar-refractivity contribution in [3.8, 4) is 17.2 Å². The number of para-hydroxylation sites is 2. The van der Waals surface area contributed by atoms with Gasteiger partial charge in [-0.3, -0.25) is 0 Å². The third kappa shape index (κ3) is 2.43. The van der Waals surface area contributed by atoms with E-state index in [2.05, 4.69) is 0 Å². The first-order chi connectivity index (χ1) is 10.2. The highest BCUT2D eigenvalue weighted by atomic mass is 16.5. The van der Waals surface area contributed by atoms with Gasteiger partial charge in [-0.1, -0.05) is 30.3 Å². The zero-order chi connectivity index (χ0) is 14.8. The molecule has 4 heteroatoms. The Labute approximate surface area is 124 Å². The number of hydrogen-bond donors (Lipinski definition) is 1. The molecule has 2 atom stereocenters. The van der Waals surface area contributed by atoms with Crippen LogP contribution in [0.25, 0.3) is 0 Å². The topological polar surface area (TPSA) is 53.7 Å². The molecule has 2 aromatic carbocycles.